The second-order valence-corrected chi connectivity index (χ2v) is 4.13. The third kappa shape index (κ3) is 1.52. The van der Waals surface area contributed by atoms with Crippen LogP contribution < -0.4 is 0 Å². The van der Waals surface area contributed by atoms with E-state index in [0.29, 0.717) is 0 Å². The maximum atomic E-state index is 11.1. The normalized spacial score (nSPS) is 34.7. The van der Waals surface area contributed by atoms with Crippen molar-refractivity contribution in [2.24, 2.45) is 15.8 Å². The summed E-state index contributed by atoms with van der Waals surface area (Å²) in [4.78, 5) is 25.8. The first-order valence-electron chi connectivity index (χ1n) is 4.14. The van der Waals surface area contributed by atoms with E-state index in [2.05, 4.69) is 4.99 Å². The lowest BCUT2D eigenvalue weighted by Gasteiger charge is -2.36. The van der Waals surface area contributed by atoms with Crippen LogP contribution >= 0.6 is 11.6 Å². The number of carboxylic acids is 2. The van der Waals surface area contributed by atoms with Crippen molar-refractivity contribution in [3.05, 3.63) is 11.2 Å². The number of halogens is 1. The Hall–Kier alpha value is -1.36. The molecule has 1 heterocycles. The van der Waals surface area contributed by atoms with Gasteiger partial charge in [-0.3, -0.25) is 9.59 Å². The van der Waals surface area contributed by atoms with E-state index in [9.17, 15) is 9.59 Å². The van der Waals surface area contributed by atoms with Crippen molar-refractivity contribution >= 4 is 29.8 Å². The highest BCUT2D eigenvalue weighted by Crippen LogP contribution is 2.43. The van der Waals surface area contributed by atoms with Gasteiger partial charge in [-0.15, -0.1) is 0 Å². The minimum absolute atomic E-state index is 0.0152. The van der Waals surface area contributed by atoms with Crippen LogP contribution in [0.15, 0.2) is 16.2 Å². The Kier molecular flexibility index (Phi) is 2.61. The Bertz CT molecular complexity index is 390. The fourth-order valence-corrected chi connectivity index (χ4v) is 1.58. The molecule has 0 aliphatic carbocycles. The quantitative estimate of drug-likeness (QED) is 0.702. The molecular weight excluding hydrogens is 222 g/mol. The maximum Gasteiger partial charge on any atom is 0.316 e. The molecule has 0 saturated heterocycles. The van der Waals surface area contributed by atoms with Gasteiger partial charge in [-0.1, -0.05) is 11.6 Å². The highest BCUT2D eigenvalue weighted by atomic mass is 35.5. The Balaban J connectivity index is 3.38. The van der Waals surface area contributed by atoms with Crippen LogP contribution in [0, 0.1) is 10.8 Å². The molecule has 0 aromatic heterocycles. The maximum absolute atomic E-state index is 11.1. The standard InChI is InChI=1S/C9H10ClNO4/c1-8(6(12)13)3-5(10)11-4-9(8,2)7(14)15/h3-4H,1-2H3,(H,12,13)(H,14,15). The lowest BCUT2D eigenvalue weighted by Crippen LogP contribution is -2.50. The zero-order valence-corrected chi connectivity index (χ0v) is 8.95. The molecule has 0 fully saturated rings. The minimum Gasteiger partial charge on any atom is -0.481 e. The molecule has 0 aromatic carbocycles. The molecule has 82 valence electrons. The van der Waals surface area contributed by atoms with Crippen LogP contribution in [0.3, 0.4) is 0 Å². The molecule has 0 aromatic rings. The monoisotopic (exact) mass is 231 g/mol. The highest BCUT2D eigenvalue weighted by Gasteiger charge is 2.55. The van der Waals surface area contributed by atoms with Gasteiger partial charge in [0.2, 0.25) is 0 Å². The van der Waals surface area contributed by atoms with Gasteiger partial charge in [-0.2, -0.15) is 0 Å². The minimum atomic E-state index is -1.60. The van der Waals surface area contributed by atoms with Gasteiger partial charge >= 0.3 is 11.9 Å². The van der Waals surface area contributed by atoms with Gasteiger partial charge in [-0.05, 0) is 19.9 Å². The van der Waals surface area contributed by atoms with E-state index in [0.717, 1.165) is 12.3 Å². The van der Waals surface area contributed by atoms with Crippen molar-refractivity contribution < 1.29 is 19.8 Å². The number of aliphatic imine (C=N–C) groups is 1. The number of carboxylic acid groups (broad SMARTS) is 2. The molecule has 0 bridgehead atoms. The third-order valence-electron chi connectivity index (χ3n) is 2.82. The smallest absolute Gasteiger partial charge is 0.316 e. The molecule has 0 saturated carbocycles. The average molecular weight is 232 g/mol. The van der Waals surface area contributed by atoms with Crippen molar-refractivity contribution in [3.63, 3.8) is 0 Å². The van der Waals surface area contributed by atoms with Crippen molar-refractivity contribution in [2.45, 2.75) is 13.8 Å². The topological polar surface area (TPSA) is 87.0 Å². The molecule has 1 aliphatic rings. The zero-order chi connectivity index (χ0) is 11.9. The zero-order valence-electron chi connectivity index (χ0n) is 8.19. The molecule has 1 rings (SSSR count). The van der Waals surface area contributed by atoms with E-state index in [1.807, 2.05) is 0 Å². The van der Waals surface area contributed by atoms with Gasteiger partial charge in [0.15, 0.2) is 0 Å². The summed E-state index contributed by atoms with van der Waals surface area (Å²) in [5, 5.41) is 18.1. The van der Waals surface area contributed by atoms with E-state index in [1.165, 1.54) is 13.8 Å². The van der Waals surface area contributed by atoms with E-state index in [4.69, 9.17) is 21.8 Å². The van der Waals surface area contributed by atoms with Crippen molar-refractivity contribution in [2.75, 3.05) is 0 Å². The van der Waals surface area contributed by atoms with Crippen LogP contribution in [0.1, 0.15) is 13.8 Å². The van der Waals surface area contributed by atoms with Crippen LogP contribution in [-0.4, -0.2) is 28.4 Å². The summed E-state index contributed by atoms with van der Waals surface area (Å²) in [6.45, 7) is 2.60. The first-order valence-corrected chi connectivity index (χ1v) is 4.52. The van der Waals surface area contributed by atoms with Crippen LogP contribution in [0.2, 0.25) is 0 Å². The molecule has 0 radical (unpaired) electrons. The number of carbonyl (C=O) groups is 2. The van der Waals surface area contributed by atoms with Crippen molar-refractivity contribution in [1.82, 2.24) is 0 Å². The van der Waals surface area contributed by atoms with E-state index in [-0.39, 0.29) is 5.16 Å². The fourth-order valence-electron chi connectivity index (χ4n) is 1.31. The lowest BCUT2D eigenvalue weighted by molar-refractivity contribution is -0.161. The Labute approximate surface area is 91.1 Å². The van der Waals surface area contributed by atoms with E-state index >= 15 is 0 Å². The Morgan fingerprint density at radius 1 is 1.27 bits per heavy atom. The first-order chi connectivity index (χ1) is 6.74. The summed E-state index contributed by atoms with van der Waals surface area (Å²) in [5.41, 5.74) is -3.20. The van der Waals surface area contributed by atoms with Crippen LogP contribution in [0.25, 0.3) is 0 Å². The Morgan fingerprint density at radius 3 is 2.13 bits per heavy atom. The summed E-state index contributed by atoms with van der Waals surface area (Å²) in [5.74, 6) is -2.51. The predicted molar refractivity (Wildman–Crippen MR) is 53.9 cm³/mol. The number of hydrogen-bond donors (Lipinski definition) is 2. The largest absolute Gasteiger partial charge is 0.481 e. The molecular formula is C9H10ClNO4. The van der Waals surface area contributed by atoms with Gasteiger partial charge in [0, 0.05) is 6.21 Å². The van der Waals surface area contributed by atoms with Gasteiger partial charge in [0.1, 0.15) is 16.0 Å². The van der Waals surface area contributed by atoms with Crippen LogP contribution in [-0.2, 0) is 9.59 Å². The van der Waals surface area contributed by atoms with Crippen molar-refractivity contribution in [1.29, 1.82) is 0 Å². The number of aliphatic carboxylic acids is 2. The average Bonchev–Trinajstić information content (AvgIpc) is 2.11. The van der Waals surface area contributed by atoms with Gasteiger partial charge in [0.05, 0.1) is 0 Å². The van der Waals surface area contributed by atoms with Gasteiger partial charge in [-0.25, -0.2) is 4.99 Å². The Morgan fingerprint density at radius 2 is 1.73 bits per heavy atom. The van der Waals surface area contributed by atoms with E-state index in [1.54, 1.807) is 0 Å². The van der Waals surface area contributed by atoms with Crippen LogP contribution in [0.5, 0.6) is 0 Å². The summed E-state index contributed by atoms with van der Waals surface area (Å²) >= 11 is 5.58. The molecule has 2 unspecified atom stereocenters. The summed E-state index contributed by atoms with van der Waals surface area (Å²) in [6.07, 6.45) is 2.21. The first kappa shape index (κ1) is 11.7. The van der Waals surface area contributed by atoms with Gasteiger partial charge < -0.3 is 10.2 Å². The molecule has 5 nitrogen and oxygen atoms in total. The number of rotatable bonds is 2. The molecule has 1 aliphatic heterocycles. The van der Waals surface area contributed by atoms with Crippen molar-refractivity contribution in [3.8, 4) is 0 Å². The molecule has 15 heavy (non-hydrogen) atoms. The molecule has 0 spiro atoms. The molecule has 2 atom stereocenters. The summed E-state index contributed by atoms with van der Waals surface area (Å²) in [7, 11) is 0. The second-order valence-electron chi connectivity index (χ2n) is 3.74. The molecule has 6 heteroatoms. The number of hydrogen-bond acceptors (Lipinski definition) is 3. The number of nitrogens with zero attached hydrogens (tertiary/aromatic N) is 1. The van der Waals surface area contributed by atoms with E-state index < -0.39 is 22.8 Å². The third-order valence-corrected chi connectivity index (χ3v) is 3.03. The summed E-state index contributed by atoms with van der Waals surface area (Å²) < 4.78 is 0. The summed E-state index contributed by atoms with van der Waals surface area (Å²) in [6, 6.07) is 0. The highest BCUT2D eigenvalue weighted by molar-refractivity contribution is 6.30. The lowest BCUT2D eigenvalue weighted by atomic mass is 9.65. The predicted octanol–water partition coefficient (Wildman–Crippen LogP) is 1.33. The molecule has 2 N–H and O–H groups in total. The van der Waals surface area contributed by atoms with Gasteiger partial charge in [0.25, 0.3) is 0 Å². The van der Waals surface area contributed by atoms with Crippen LogP contribution in [0.4, 0.5) is 0 Å². The second kappa shape index (κ2) is 3.34. The fraction of sp³-hybridized carbons (Fsp3) is 0.444. The molecule has 0 amide bonds. The SMILES string of the molecule is CC1(C(=O)O)C=NC(Cl)=CC1(C)C(=O)O.